The molecule has 30 heavy (non-hydrogen) atoms. The Hall–Kier alpha value is -2.35. The topological polar surface area (TPSA) is 52.7 Å². The smallest absolute Gasteiger partial charge is 0.264 e. The van der Waals surface area contributed by atoms with E-state index < -0.39 is 0 Å². The van der Waals surface area contributed by atoms with Gasteiger partial charge in [0.25, 0.3) is 11.8 Å². The van der Waals surface area contributed by atoms with Gasteiger partial charge < -0.3 is 15.1 Å². The molecule has 2 heterocycles. The Kier molecular flexibility index (Phi) is 6.41. The van der Waals surface area contributed by atoms with Gasteiger partial charge in [-0.05, 0) is 57.7 Å². The SMILES string of the molecule is O=C(Nc1ccc(N2CCN(C(=O)c3cccs3)CC2)c(Cl)c1)c1ccccc1Br. The minimum atomic E-state index is -0.202. The van der Waals surface area contributed by atoms with Crippen molar-refractivity contribution >= 4 is 62.1 Å². The summed E-state index contributed by atoms with van der Waals surface area (Å²) in [5, 5.41) is 5.37. The molecule has 1 fully saturated rings. The molecular formula is C22H19BrClN3O2S. The number of thiophene rings is 1. The molecule has 0 bridgehead atoms. The average molecular weight is 505 g/mol. The fourth-order valence-electron chi connectivity index (χ4n) is 3.39. The van der Waals surface area contributed by atoms with Gasteiger partial charge in [0.05, 0.1) is 21.2 Å². The predicted molar refractivity (Wildman–Crippen MR) is 126 cm³/mol. The molecule has 4 rings (SSSR count). The van der Waals surface area contributed by atoms with Crippen LogP contribution in [0.5, 0.6) is 0 Å². The van der Waals surface area contributed by atoms with E-state index in [-0.39, 0.29) is 11.8 Å². The van der Waals surface area contributed by atoms with E-state index in [0.717, 1.165) is 15.0 Å². The minimum Gasteiger partial charge on any atom is -0.367 e. The quantitative estimate of drug-likeness (QED) is 0.519. The lowest BCUT2D eigenvalue weighted by atomic mass is 10.2. The molecule has 154 valence electrons. The van der Waals surface area contributed by atoms with E-state index >= 15 is 0 Å². The molecule has 0 spiro atoms. The van der Waals surface area contributed by atoms with Gasteiger partial charge in [-0.25, -0.2) is 0 Å². The number of rotatable bonds is 4. The van der Waals surface area contributed by atoms with E-state index in [9.17, 15) is 9.59 Å². The molecule has 3 aromatic rings. The normalized spacial score (nSPS) is 13.9. The van der Waals surface area contributed by atoms with Gasteiger partial charge in [-0.1, -0.05) is 29.8 Å². The third kappa shape index (κ3) is 4.53. The van der Waals surface area contributed by atoms with Crippen LogP contribution in [0.4, 0.5) is 11.4 Å². The highest BCUT2D eigenvalue weighted by Gasteiger charge is 2.24. The molecule has 8 heteroatoms. The molecule has 1 aliphatic rings. The van der Waals surface area contributed by atoms with Gasteiger partial charge in [0, 0.05) is 36.3 Å². The van der Waals surface area contributed by atoms with Gasteiger partial charge >= 0.3 is 0 Å². The number of benzene rings is 2. The number of piperazine rings is 1. The lowest BCUT2D eigenvalue weighted by molar-refractivity contribution is 0.0751. The van der Waals surface area contributed by atoms with E-state index in [1.54, 1.807) is 12.1 Å². The van der Waals surface area contributed by atoms with Crippen molar-refractivity contribution in [3.63, 3.8) is 0 Å². The summed E-state index contributed by atoms with van der Waals surface area (Å²) >= 11 is 11.4. The first-order valence-electron chi connectivity index (χ1n) is 9.46. The van der Waals surface area contributed by atoms with E-state index in [1.165, 1.54) is 11.3 Å². The first kappa shape index (κ1) is 20.9. The van der Waals surface area contributed by atoms with Crippen LogP contribution in [0.15, 0.2) is 64.5 Å². The van der Waals surface area contributed by atoms with Crippen LogP contribution in [0.25, 0.3) is 0 Å². The van der Waals surface area contributed by atoms with Crippen LogP contribution in [0.2, 0.25) is 5.02 Å². The number of nitrogens with zero attached hydrogens (tertiary/aromatic N) is 2. The van der Waals surface area contributed by atoms with Crippen molar-refractivity contribution in [2.75, 3.05) is 36.4 Å². The Morgan fingerprint density at radius 1 is 1.00 bits per heavy atom. The average Bonchev–Trinajstić information content (AvgIpc) is 3.29. The summed E-state index contributed by atoms with van der Waals surface area (Å²) in [6.07, 6.45) is 0. The number of halogens is 2. The molecule has 0 atom stereocenters. The van der Waals surface area contributed by atoms with Gasteiger partial charge in [-0.15, -0.1) is 11.3 Å². The summed E-state index contributed by atoms with van der Waals surface area (Å²) in [5.74, 6) is -0.118. The molecule has 2 amide bonds. The van der Waals surface area contributed by atoms with Crippen LogP contribution in [-0.4, -0.2) is 42.9 Å². The van der Waals surface area contributed by atoms with E-state index in [4.69, 9.17) is 11.6 Å². The van der Waals surface area contributed by atoms with Crippen LogP contribution in [0.1, 0.15) is 20.0 Å². The van der Waals surface area contributed by atoms with E-state index in [1.807, 2.05) is 52.7 Å². The number of carbonyl (C=O) groups is 2. The molecule has 0 aliphatic carbocycles. The fraction of sp³-hybridized carbons (Fsp3) is 0.182. The van der Waals surface area contributed by atoms with E-state index in [2.05, 4.69) is 26.1 Å². The van der Waals surface area contributed by atoms with Gasteiger partial charge in [-0.3, -0.25) is 9.59 Å². The molecule has 0 saturated carbocycles. The highest BCUT2D eigenvalue weighted by molar-refractivity contribution is 9.10. The van der Waals surface area contributed by atoms with Crippen LogP contribution in [-0.2, 0) is 0 Å². The lowest BCUT2D eigenvalue weighted by Crippen LogP contribution is -2.48. The molecule has 1 aromatic heterocycles. The Morgan fingerprint density at radius 3 is 2.43 bits per heavy atom. The summed E-state index contributed by atoms with van der Waals surface area (Å²) in [7, 11) is 0. The Morgan fingerprint density at radius 2 is 1.77 bits per heavy atom. The van der Waals surface area contributed by atoms with Crippen LogP contribution in [0, 0.1) is 0 Å². The van der Waals surface area contributed by atoms with Crippen LogP contribution >= 0.6 is 38.9 Å². The molecule has 5 nitrogen and oxygen atoms in total. The van der Waals surface area contributed by atoms with Gasteiger partial charge in [-0.2, -0.15) is 0 Å². The maximum atomic E-state index is 12.5. The first-order chi connectivity index (χ1) is 14.5. The Balaban J connectivity index is 1.40. The van der Waals surface area contributed by atoms with Gasteiger partial charge in [0.2, 0.25) is 0 Å². The highest BCUT2D eigenvalue weighted by Crippen LogP contribution is 2.30. The highest BCUT2D eigenvalue weighted by atomic mass is 79.9. The molecule has 0 unspecified atom stereocenters. The van der Waals surface area contributed by atoms with Crippen LogP contribution < -0.4 is 10.2 Å². The summed E-state index contributed by atoms with van der Waals surface area (Å²) in [6.45, 7) is 2.71. The first-order valence-corrected chi connectivity index (χ1v) is 11.5. The number of hydrogen-bond acceptors (Lipinski definition) is 4. The molecule has 2 aromatic carbocycles. The second kappa shape index (κ2) is 9.20. The number of anilines is 2. The van der Waals surface area contributed by atoms with Crippen molar-refractivity contribution in [2.45, 2.75) is 0 Å². The summed E-state index contributed by atoms with van der Waals surface area (Å²) in [6, 6.07) is 16.5. The molecule has 0 radical (unpaired) electrons. The maximum absolute atomic E-state index is 12.5. The van der Waals surface area contributed by atoms with Crippen molar-refractivity contribution in [3.05, 3.63) is 79.9 Å². The Labute approximate surface area is 192 Å². The molecule has 1 saturated heterocycles. The minimum absolute atomic E-state index is 0.0841. The zero-order chi connectivity index (χ0) is 21.1. The number of carbonyl (C=O) groups excluding carboxylic acids is 2. The van der Waals surface area contributed by atoms with E-state index in [0.29, 0.717) is 42.5 Å². The number of amides is 2. The van der Waals surface area contributed by atoms with Crippen molar-refractivity contribution < 1.29 is 9.59 Å². The number of hydrogen-bond donors (Lipinski definition) is 1. The van der Waals surface area contributed by atoms with Crippen molar-refractivity contribution in [2.24, 2.45) is 0 Å². The second-order valence-corrected chi connectivity index (χ2v) is 9.07. The van der Waals surface area contributed by atoms with Crippen LogP contribution in [0.3, 0.4) is 0 Å². The monoisotopic (exact) mass is 503 g/mol. The predicted octanol–water partition coefficient (Wildman–Crippen LogP) is 5.38. The Bertz CT molecular complexity index is 1070. The van der Waals surface area contributed by atoms with Crippen molar-refractivity contribution in [3.8, 4) is 0 Å². The molecule has 1 N–H and O–H groups in total. The fourth-order valence-corrected chi connectivity index (χ4v) is 4.85. The third-order valence-electron chi connectivity index (χ3n) is 4.96. The third-order valence-corrected chi connectivity index (χ3v) is 6.82. The maximum Gasteiger partial charge on any atom is 0.264 e. The molecule has 1 aliphatic heterocycles. The summed E-state index contributed by atoms with van der Waals surface area (Å²) in [5.41, 5.74) is 2.10. The number of nitrogens with one attached hydrogen (secondary N) is 1. The largest absolute Gasteiger partial charge is 0.367 e. The zero-order valence-electron chi connectivity index (χ0n) is 16.0. The van der Waals surface area contributed by atoms with Crippen molar-refractivity contribution in [1.29, 1.82) is 0 Å². The molecular weight excluding hydrogens is 486 g/mol. The standard InChI is InChI=1S/C22H19BrClN3O2S/c23-17-5-2-1-4-16(17)21(28)25-15-7-8-19(18(24)14-15)26-9-11-27(12-10-26)22(29)20-6-3-13-30-20/h1-8,13-14H,9-12H2,(H,25,28). The zero-order valence-corrected chi connectivity index (χ0v) is 19.1. The second-order valence-electron chi connectivity index (χ2n) is 6.86. The lowest BCUT2D eigenvalue weighted by Gasteiger charge is -2.36. The van der Waals surface area contributed by atoms with Gasteiger partial charge in [0.1, 0.15) is 0 Å². The summed E-state index contributed by atoms with van der Waals surface area (Å²) < 4.78 is 0.736. The van der Waals surface area contributed by atoms with Gasteiger partial charge in [0.15, 0.2) is 0 Å². The van der Waals surface area contributed by atoms with Crippen molar-refractivity contribution in [1.82, 2.24) is 4.90 Å². The summed E-state index contributed by atoms with van der Waals surface area (Å²) in [4.78, 5) is 29.8.